The van der Waals surface area contributed by atoms with Crippen molar-refractivity contribution < 1.29 is 0 Å². The molecule has 0 bridgehead atoms. The number of hydrogen-bond donors (Lipinski definition) is 1. The van der Waals surface area contributed by atoms with Crippen LogP contribution in [0.4, 0.5) is 0 Å². The molecule has 0 aliphatic rings. The summed E-state index contributed by atoms with van der Waals surface area (Å²) in [5.41, 5.74) is 10.1. The number of hydrogen-bond acceptors (Lipinski definition) is 1. The van der Waals surface area contributed by atoms with E-state index >= 15 is 0 Å². The van der Waals surface area contributed by atoms with Gasteiger partial charge in [-0.05, 0) is 57.9 Å². The lowest BCUT2D eigenvalue weighted by atomic mass is 10.0. The van der Waals surface area contributed by atoms with Crippen LogP contribution in [0.25, 0.3) is 0 Å². The second-order valence-corrected chi connectivity index (χ2v) is 5.16. The zero-order chi connectivity index (χ0) is 13.3. The molecule has 1 N–H and O–H groups in total. The molecule has 0 aliphatic heterocycles. The van der Waals surface area contributed by atoms with Crippen molar-refractivity contribution in [2.45, 2.75) is 40.7 Å². The van der Waals surface area contributed by atoms with E-state index in [1.165, 1.54) is 28.1 Å². The summed E-state index contributed by atoms with van der Waals surface area (Å²) in [5, 5.41) is 0. The molecule has 1 aromatic carbocycles. The van der Waals surface area contributed by atoms with Crippen molar-refractivity contribution in [2.24, 2.45) is 0 Å². The Morgan fingerprint density at radius 1 is 0.944 bits per heavy atom. The van der Waals surface area contributed by atoms with E-state index in [0.29, 0.717) is 6.04 Å². The Morgan fingerprint density at radius 2 is 1.56 bits per heavy atom. The third kappa shape index (κ3) is 2.42. The van der Waals surface area contributed by atoms with E-state index in [4.69, 9.17) is 0 Å². The molecule has 0 aliphatic carbocycles. The van der Waals surface area contributed by atoms with Gasteiger partial charge in [0.25, 0.3) is 0 Å². The third-order valence-corrected chi connectivity index (χ3v) is 3.50. The van der Waals surface area contributed by atoms with Crippen LogP contribution in [0.3, 0.4) is 0 Å². The average molecular weight is 242 g/mol. The molecule has 0 spiro atoms. The van der Waals surface area contributed by atoms with Crippen molar-refractivity contribution in [3.05, 3.63) is 58.4 Å². The molecule has 1 heterocycles. The molecule has 0 saturated carbocycles. The van der Waals surface area contributed by atoms with E-state index in [2.05, 4.69) is 75.1 Å². The lowest BCUT2D eigenvalue weighted by Crippen LogP contribution is -2.21. The van der Waals surface area contributed by atoms with E-state index in [9.17, 15) is 0 Å². The number of aryl methyl sites for hydroxylation is 4. The highest BCUT2D eigenvalue weighted by atomic mass is 15.4. The Balaban J connectivity index is 2.27. The van der Waals surface area contributed by atoms with Gasteiger partial charge in [-0.2, -0.15) is 0 Å². The molecule has 2 nitrogen and oxygen atoms in total. The summed E-state index contributed by atoms with van der Waals surface area (Å²) >= 11 is 0. The molecule has 0 fully saturated rings. The molecular weight excluding hydrogens is 220 g/mol. The molecule has 2 rings (SSSR count). The first-order valence-electron chi connectivity index (χ1n) is 6.47. The molecular formula is C16H22N2. The van der Waals surface area contributed by atoms with Crippen LogP contribution < -0.4 is 5.43 Å². The summed E-state index contributed by atoms with van der Waals surface area (Å²) in [6.07, 6.45) is 0. The van der Waals surface area contributed by atoms with Gasteiger partial charge < -0.3 is 5.43 Å². The summed E-state index contributed by atoms with van der Waals surface area (Å²) in [5.74, 6) is 0. The van der Waals surface area contributed by atoms with Gasteiger partial charge in [0.15, 0.2) is 0 Å². The summed E-state index contributed by atoms with van der Waals surface area (Å²) in [7, 11) is 0. The lowest BCUT2D eigenvalue weighted by molar-refractivity contribution is 0.696. The molecule has 1 atom stereocenters. The van der Waals surface area contributed by atoms with Crippen LogP contribution in [0, 0.1) is 27.7 Å². The van der Waals surface area contributed by atoms with Gasteiger partial charge in [-0.3, -0.25) is 4.68 Å². The molecule has 0 saturated heterocycles. The molecule has 1 unspecified atom stereocenters. The molecule has 2 aromatic rings. The van der Waals surface area contributed by atoms with Crippen molar-refractivity contribution in [3.8, 4) is 0 Å². The van der Waals surface area contributed by atoms with Gasteiger partial charge in [0.1, 0.15) is 0 Å². The fraction of sp³-hybridized carbons (Fsp3) is 0.375. The van der Waals surface area contributed by atoms with Gasteiger partial charge in [-0.15, -0.1) is 0 Å². The van der Waals surface area contributed by atoms with Crippen LogP contribution in [0.1, 0.15) is 41.0 Å². The molecule has 96 valence electrons. The minimum absolute atomic E-state index is 0.301. The Labute approximate surface area is 110 Å². The third-order valence-electron chi connectivity index (χ3n) is 3.50. The summed E-state index contributed by atoms with van der Waals surface area (Å²) in [6, 6.07) is 11.2. The number of rotatable bonds is 3. The summed E-state index contributed by atoms with van der Waals surface area (Å²) in [6.45, 7) is 10.8. The van der Waals surface area contributed by atoms with Gasteiger partial charge in [0.2, 0.25) is 0 Å². The quantitative estimate of drug-likeness (QED) is 0.860. The van der Waals surface area contributed by atoms with Gasteiger partial charge in [0, 0.05) is 11.4 Å². The number of aromatic nitrogens is 1. The number of benzene rings is 1. The lowest BCUT2D eigenvalue weighted by Gasteiger charge is -2.21. The van der Waals surface area contributed by atoms with E-state index in [0.717, 1.165) is 0 Å². The molecule has 1 aromatic heterocycles. The van der Waals surface area contributed by atoms with Crippen LogP contribution >= 0.6 is 0 Å². The van der Waals surface area contributed by atoms with Gasteiger partial charge in [0.05, 0.1) is 6.04 Å². The SMILES string of the molecule is Cc1ccc(C)c(C(C)Nn2c(C)ccc2C)c1. The average Bonchev–Trinajstić information content (AvgIpc) is 2.64. The highest BCUT2D eigenvalue weighted by Crippen LogP contribution is 2.20. The van der Waals surface area contributed by atoms with Gasteiger partial charge >= 0.3 is 0 Å². The van der Waals surface area contributed by atoms with E-state index in [1.807, 2.05) is 0 Å². The number of nitrogens with one attached hydrogen (secondary N) is 1. The van der Waals surface area contributed by atoms with Crippen LogP contribution in [0.15, 0.2) is 30.3 Å². The zero-order valence-corrected chi connectivity index (χ0v) is 11.9. The van der Waals surface area contributed by atoms with E-state index < -0.39 is 0 Å². The van der Waals surface area contributed by atoms with Crippen LogP contribution in [0.2, 0.25) is 0 Å². The zero-order valence-electron chi connectivity index (χ0n) is 11.9. The maximum Gasteiger partial charge on any atom is 0.0648 e. The summed E-state index contributed by atoms with van der Waals surface area (Å²) in [4.78, 5) is 0. The minimum Gasteiger partial charge on any atom is -0.319 e. The van der Waals surface area contributed by atoms with Crippen LogP contribution in [-0.2, 0) is 0 Å². The minimum atomic E-state index is 0.301. The van der Waals surface area contributed by atoms with E-state index in [-0.39, 0.29) is 0 Å². The Hall–Kier alpha value is -1.70. The van der Waals surface area contributed by atoms with Crippen LogP contribution in [-0.4, -0.2) is 4.68 Å². The molecule has 0 amide bonds. The molecule has 18 heavy (non-hydrogen) atoms. The predicted octanol–water partition coefficient (Wildman–Crippen LogP) is 4.03. The van der Waals surface area contributed by atoms with Crippen molar-refractivity contribution in [1.29, 1.82) is 0 Å². The monoisotopic (exact) mass is 242 g/mol. The normalized spacial score (nSPS) is 12.5. The van der Waals surface area contributed by atoms with Crippen LogP contribution in [0.5, 0.6) is 0 Å². The van der Waals surface area contributed by atoms with Crippen molar-refractivity contribution in [3.63, 3.8) is 0 Å². The second-order valence-electron chi connectivity index (χ2n) is 5.16. The molecule has 0 radical (unpaired) electrons. The second kappa shape index (κ2) is 4.89. The maximum atomic E-state index is 3.56. The van der Waals surface area contributed by atoms with Crippen molar-refractivity contribution in [1.82, 2.24) is 4.68 Å². The van der Waals surface area contributed by atoms with Gasteiger partial charge in [-0.1, -0.05) is 23.8 Å². The first-order chi connectivity index (χ1) is 8.49. The van der Waals surface area contributed by atoms with Gasteiger partial charge in [-0.25, -0.2) is 0 Å². The highest BCUT2D eigenvalue weighted by molar-refractivity contribution is 5.34. The first kappa shape index (κ1) is 12.7. The standard InChI is InChI=1S/C16H22N2/c1-11-6-7-12(2)16(10-11)15(5)17-18-13(3)8-9-14(18)4/h6-10,15,17H,1-5H3. The molecule has 2 heteroatoms. The smallest absolute Gasteiger partial charge is 0.0648 e. The Bertz CT molecular complexity index is 533. The topological polar surface area (TPSA) is 17.0 Å². The first-order valence-corrected chi connectivity index (χ1v) is 6.47. The fourth-order valence-electron chi connectivity index (χ4n) is 2.36. The maximum absolute atomic E-state index is 3.56. The van der Waals surface area contributed by atoms with E-state index in [1.54, 1.807) is 0 Å². The summed E-state index contributed by atoms with van der Waals surface area (Å²) < 4.78 is 2.16. The highest BCUT2D eigenvalue weighted by Gasteiger charge is 2.10. The largest absolute Gasteiger partial charge is 0.319 e. The fourth-order valence-corrected chi connectivity index (χ4v) is 2.36. The van der Waals surface area contributed by atoms with Crippen molar-refractivity contribution in [2.75, 3.05) is 5.43 Å². The Kier molecular flexibility index (Phi) is 3.46. The van der Waals surface area contributed by atoms with Crippen molar-refractivity contribution >= 4 is 0 Å². The Morgan fingerprint density at radius 3 is 2.17 bits per heavy atom. The number of nitrogens with zero attached hydrogens (tertiary/aromatic N) is 1. The predicted molar refractivity (Wildman–Crippen MR) is 77.6 cm³/mol.